The Morgan fingerprint density at radius 3 is 2.53 bits per heavy atom. The molecule has 0 spiro atoms. The molecule has 34 heavy (non-hydrogen) atoms. The second kappa shape index (κ2) is 9.18. The molecule has 0 saturated carbocycles. The first-order chi connectivity index (χ1) is 16.2. The Balaban J connectivity index is 1.59. The second-order valence-corrected chi connectivity index (χ2v) is 8.12. The van der Waals surface area contributed by atoms with Crippen molar-refractivity contribution in [2.45, 2.75) is 45.6 Å². The summed E-state index contributed by atoms with van der Waals surface area (Å²) in [5.74, 6) is -2.35. The quantitative estimate of drug-likeness (QED) is 0.451. The van der Waals surface area contributed by atoms with Gasteiger partial charge in [-0.25, -0.2) is 14.4 Å². The van der Waals surface area contributed by atoms with Crippen LogP contribution in [-0.4, -0.2) is 47.2 Å². The van der Waals surface area contributed by atoms with Gasteiger partial charge in [0.05, 0.1) is 25.2 Å². The smallest absolute Gasteiger partial charge is 0.453 e. The summed E-state index contributed by atoms with van der Waals surface area (Å²) in [6.45, 7) is 2.97. The summed E-state index contributed by atoms with van der Waals surface area (Å²) in [5.41, 5.74) is 2.20. The van der Waals surface area contributed by atoms with Gasteiger partial charge in [0.1, 0.15) is 5.70 Å². The van der Waals surface area contributed by atoms with Crippen LogP contribution in [0.4, 0.5) is 4.79 Å². The van der Waals surface area contributed by atoms with E-state index < -0.39 is 29.9 Å². The lowest BCUT2D eigenvalue weighted by Crippen LogP contribution is -2.61. The Labute approximate surface area is 193 Å². The highest BCUT2D eigenvalue weighted by Gasteiger charge is 2.57. The number of ether oxygens (including phenoxy) is 2. The summed E-state index contributed by atoms with van der Waals surface area (Å²) >= 11 is 0. The fraction of sp³-hybridized carbons (Fsp3) is 0.391. The largest absolute Gasteiger partial charge is 0.519 e. The molecule has 2 N–H and O–H groups in total. The monoisotopic (exact) mass is 472 g/mol. The number of carbonyl (C=O) groups is 3. The molecule has 3 atom stereocenters. The third-order valence-electron chi connectivity index (χ3n) is 6.02. The van der Waals surface area contributed by atoms with Crippen molar-refractivity contribution < 1.29 is 37.8 Å². The minimum atomic E-state index is -0.899. The maximum absolute atomic E-state index is 13.1. The molecular formula is C23H24N2O9. The van der Waals surface area contributed by atoms with Gasteiger partial charge in [0.2, 0.25) is 5.91 Å². The molecule has 180 valence electrons. The van der Waals surface area contributed by atoms with E-state index in [1.807, 2.05) is 0 Å². The number of rotatable bonds is 7. The summed E-state index contributed by atoms with van der Waals surface area (Å²) in [7, 11) is 1.28. The molecule has 4 rings (SSSR count). The van der Waals surface area contributed by atoms with Gasteiger partial charge in [0.15, 0.2) is 18.1 Å². The molecule has 1 fully saturated rings. The van der Waals surface area contributed by atoms with E-state index in [9.17, 15) is 24.3 Å². The van der Waals surface area contributed by atoms with Gasteiger partial charge in [-0.15, -0.1) is 0 Å². The highest BCUT2D eigenvalue weighted by molar-refractivity contribution is 6.06. The average Bonchev–Trinajstić information content (AvgIpc) is 3.31. The molecular weight excluding hydrogens is 448 g/mol. The van der Waals surface area contributed by atoms with Crippen LogP contribution in [0.15, 0.2) is 43.6 Å². The second-order valence-electron chi connectivity index (χ2n) is 8.12. The number of β-lactam (4-membered cyclic amide) rings is 1. The Kier molecular flexibility index (Phi) is 6.29. The van der Waals surface area contributed by atoms with E-state index in [1.165, 1.54) is 18.9 Å². The fourth-order valence-corrected chi connectivity index (χ4v) is 4.29. The van der Waals surface area contributed by atoms with E-state index in [0.29, 0.717) is 17.6 Å². The van der Waals surface area contributed by atoms with Crippen LogP contribution in [0.5, 0.6) is 0 Å². The third-order valence-corrected chi connectivity index (χ3v) is 6.02. The van der Waals surface area contributed by atoms with E-state index in [4.69, 9.17) is 13.6 Å². The molecule has 0 bridgehead atoms. The van der Waals surface area contributed by atoms with Crippen LogP contribution in [-0.2, 0) is 32.2 Å². The van der Waals surface area contributed by atoms with Gasteiger partial charge in [-0.05, 0) is 37.0 Å². The molecule has 11 heteroatoms. The first-order valence-electron chi connectivity index (χ1n) is 10.6. The standard InChI is InChI=1S/C23H24N2O9/c1-11(26)18-16-8-15(14-6-4-13(5-7-14)9-24-22(29)31-3)19(25(16)20(18)27)21(28)32-10-17-12(2)33-23(30)34-17/h4-7,11,16,18,26H,8-10H2,1-3H3,(H,24,29)/t11-,16-,18-/m1/s1. The van der Waals surface area contributed by atoms with E-state index >= 15 is 0 Å². The van der Waals surface area contributed by atoms with Crippen molar-refractivity contribution in [1.29, 1.82) is 0 Å². The Bertz CT molecular complexity index is 1210. The van der Waals surface area contributed by atoms with Crippen molar-refractivity contribution in [3.63, 3.8) is 0 Å². The van der Waals surface area contributed by atoms with Crippen molar-refractivity contribution in [2.75, 3.05) is 7.11 Å². The zero-order valence-corrected chi connectivity index (χ0v) is 18.8. The molecule has 1 aromatic carbocycles. The Morgan fingerprint density at radius 2 is 1.94 bits per heavy atom. The zero-order valence-electron chi connectivity index (χ0n) is 18.8. The van der Waals surface area contributed by atoms with E-state index in [1.54, 1.807) is 31.2 Å². The lowest BCUT2D eigenvalue weighted by molar-refractivity contribution is -0.162. The topological polar surface area (TPSA) is 149 Å². The molecule has 0 unspecified atom stereocenters. The van der Waals surface area contributed by atoms with Gasteiger partial charge in [0, 0.05) is 6.54 Å². The number of amides is 2. The van der Waals surface area contributed by atoms with E-state index in [2.05, 4.69) is 10.1 Å². The molecule has 2 aliphatic rings. The number of alkyl carbamates (subject to hydrolysis) is 1. The average molecular weight is 472 g/mol. The Hall–Kier alpha value is -3.86. The van der Waals surface area contributed by atoms with Crippen LogP contribution in [0, 0.1) is 12.8 Å². The van der Waals surface area contributed by atoms with Crippen LogP contribution in [0.25, 0.3) is 5.57 Å². The highest BCUT2D eigenvalue weighted by atomic mass is 16.6. The van der Waals surface area contributed by atoms with Gasteiger partial charge in [-0.1, -0.05) is 24.3 Å². The van der Waals surface area contributed by atoms with Crippen molar-refractivity contribution in [3.8, 4) is 0 Å². The highest BCUT2D eigenvalue weighted by Crippen LogP contribution is 2.47. The van der Waals surface area contributed by atoms with Gasteiger partial charge in [-0.3, -0.25) is 4.79 Å². The predicted molar refractivity (Wildman–Crippen MR) is 115 cm³/mol. The number of benzene rings is 1. The minimum Gasteiger partial charge on any atom is -0.453 e. The van der Waals surface area contributed by atoms with Crippen LogP contribution in [0.3, 0.4) is 0 Å². The van der Waals surface area contributed by atoms with Gasteiger partial charge in [0.25, 0.3) is 0 Å². The summed E-state index contributed by atoms with van der Waals surface area (Å²) < 4.78 is 19.5. The lowest BCUT2D eigenvalue weighted by Gasteiger charge is -2.44. The molecule has 0 aliphatic carbocycles. The number of methoxy groups -OCH3 is 1. The van der Waals surface area contributed by atoms with Gasteiger partial charge < -0.3 is 33.6 Å². The maximum atomic E-state index is 13.1. The molecule has 11 nitrogen and oxygen atoms in total. The van der Waals surface area contributed by atoms with Crippen LogP contribution in [0.1, 0.15) is 36.0 Å². The van der Waals surface area contributed by atoms with Gasteiger partial charge in [-0.2, -0.15) is 0 Å². The first kappa shape index (κ1) is 23.3. The molecule has 3 heterocycles. The number of aliphatic hydroxyl groups excluding tert-OH is 1. The number of esters is 1. The molecule has 2 aliphatic heterocycles. The Morgan fingerprint density at radius 1 is 1.24 bits per heavy atom. The van der Waals surface area contributed by atoms with Crippen LogP contribution < -0.4 is 11.1 Å². The number of aryl methyl sites for hydroxylation is 1. The molecule has 2 aromatic rings. The number of aliphatic hydroxyl groups is 1. The molecule has 2 amide bonds. The molecule has 1 saturated heterocycles. The number of carbonyl (C=O) groups excluding carboxylic acids is 3. The molecule has 0 radical (unpaired) electrons. The zero-order chi connectivity index (χ0) is 24.6. The fourth-order valence-electron chi connectivity index (χ4n) is 4.29. The van der Waals surface area contributed by atoms with Crippen molar-refractivity contribution >= 4 is 23.5 Å². The van der Waals surface area contributed by atoms with Crippen molar-refractivity contribution in [1.82, 2.24) is 10.2 Å². The number of hydrogen-bond acceptors (Lipinski definition) is 9. The molecule has 1 aromatic heterocycles. The minimum absolute atomic E-state index is 0.0781. The number of nitrogens with one attached hydrogen (secondary N) is 1. The lowest BCUT2D eigenvalue weighted by atomic mass is 9.82. The third kappa shape index (κ3) is 4.21. The normalized spacial score (nSPS) is 20.0. The van der Waals surface area contributed by atoms with E-state index in [-0.39, 0.29) is 42.3 Å². The first-order valence-corrected chi connectivity index (χ1v) is 10.6. The van der Waals surface area contributed by atoms with Crippen LogP contribution >= 0.6 is 0 Å². The number of nitrogens with zero attached hydrogens (tertiary/aromatic N) is 1. The van der Waals surface area contributed by atoms with Crippen molar-refractivity contribution in [2.24, 2.45) is 5.92 Å². The van der Waals surface area contributed by atoms with Gasteiger partial charge >= 0.3 is 17.9 Å². The predicted octanol–water partition coefficient (Wildman–Crippen LogP) is 1.46. The number of fused-ring (bicyclic) bond motifs is 1. The summed E-state index contributed by atoms with van der Waals surface area (Å²) in [6.07, 6.45) is -1.05. The maximum Gasteiger partial charge on any atom is 0.519 e. The van der Waals surface area contributed by atoms with Crippen molar-refractivity contribution in [3.05, 3.63) is 63.2 Å². The summed E-state index contributed by atoms with van der Waals surface area (Å²) in [4.78, 5) is 49.7. The number of hydrogen-bond donors (Lipinski definition) is 2. The SMILES string of the molecule is COC(=O)NCc1ccc(C2=C(C(=O)OCc3oc(=O)oc3C)N3C(=O)[C@H]([C@@H](C)O)[C@H]3C2)cc1. The summed E-state index contributed by atoms with van der Waals surface area (Å²) in [5, 5.41) is 12.6. The van der Waals surface area contributed by atoms with Crippen LogP contribution in [0.2, 0.25) is 0 Å². The van der Waals surface area contributed by atoms with E-state index in [0.717, 1.165) is 5.56 Å². The summed E-state index contributed by atoms with van der Waals surface area (Å²) in [6, 6.07) is 6.77.